The summed E-state index contributed by atoms with van der Waals surface area (Å²) in [5.41, 5.74) is 4.87. The van der Waals surface area contributed by atoms with Crippen molar-refractivity contribution in [1.82, 2.24) is 4.98 Å². The molecular weight excluding hydrogens is 426 g/mol. The van der Waals surface area contributed by atoms with Gasteiger partial charge in [-0.05, 0) is 123 Å². The van der Waals surface area contributed by atoms with Crippen LogP contribution < -0.4 is 0 Å². The number of benzene rings is 1. The average Bonchev–Trinajstić information content (AvgIpc) is 3.56. The molecule has 1 aromatic carbocycles. The van der Waals surface area contributed by atoms with Gasteiger partial charge in [-0.1, -0.05) is 31.0 Å². The molecule has 3 saturated carbocycles. The second-order valence-corrected chi connectivity index (χ2v) is 13.7. The van der Waals surface area contributed by atoms with Crippen molar-refractivity contribution in [2.45, 2.75) is 94.3 Å². The van der Waals surface area contributed by atoms with E-state index in [1.807, 2.05) is 6.20 Å². The Morgan fingerprint density at radius 3 is 2.21 bits per heavy atom. The largest absolute Gasteiger partial charge is 0.261 e. The topological polar surface area (TPSA) is 47.0 Å². The Hall–Kier alpha value is -1.68. The third-order valence-corrected chi connectivity index (χ3v) is 10.2. The van der Waals surface area contributed by atoms with Gasteiger partial charge in [0.2, 0.25) is 0 Å². The average molecular weight is 466 g/mol. The number of hydrogen-bond donors (Lipinski definition) is 0. The summed E-state index contributed by atoms with van der Waals surface area (Å²) in [7, 11) is -3.11. The van der Waals surface area contributed by atoms with Crippen molar-refractivity contribution < 1.29 is 8.42 Å². The Labute approximate surface area is 200 Å². The third kappa shape index (κ3) is 5.21. The van der Waals surface area contributed by atoms with Crippen molar-refractivity contribution in [3.63, 3.8) is 0 Å². The van der Waals surface area contributed by atoms with Crippen LogP contribution in [0.3, 0.4) is 0 Å². The summed E-state index contributed by atoms with van der Waals surface area (Å²) in [6.45, 7) is 2.11. The molecule has 0 N–H and O–H groups in total. The highest BCUT2D eigenvalue weighted by molar-refractivity contribution is 7.90. The molecule has 3 fully saturated rings. The van der Waals surface area contributed by atoms with Gasteiger partial charge < -0.3 is 0 Å². The van der Waals surface area contributed by atoms with Crippen LogP contribution in [0.25, 0.3) is 0 Å². The van der Waals surface area contributed by atoms with Gasteiger partial charge in [-0.2, -0.15) is 0 Å². The second kappa shape index (κ2) is 8.83. The van der Waals surface area contributed by atoms with E-state index in [9.17, 15) is 8.42 Å². The predicted molar refractivity (Wildman–Crippen MR) is 134 cm³/mol. The first-order valence-electron chi connectivity index (χ1n) is 13.0. The van der Waals surface area contributed by atoms with Crippen LogP contribution in [0.4, 0.5) is 0 Å². The van der Waals surface area contributed by atoms with Crippen molar-refractivity contribution in [3.05, 3.63) is 59.4 Å². The van der Waals surface area contributed by atoms with Crippen LogP contribution in [-0.4, -0.2) is 19.7 Å². The van der Waals surface area contributed by atoms with Crippen LogP contribution in [0.1, 0.15) is 87.4 Å². The fourth-order valence-electron chi connectivity index (χ4n) is 6.81. The fourth-order valence-corrected chi connectivity index (χ4v) is 7.44. The van der Waals surface area contributed by atoms with E-state index >= 15 is 0 Å². The fraction of sp³-hybridized carbons (Fsp3) is 0.621. The molecule has 4 heteroatoms. The molecule has 3 aliphatic rings. The van der Waals surface area contributed by atoms with Crippen LogP contribution >= 0.6 is 0 Å². The molecule has 0 atom stereocenters. The summed E-state index contributed by atoms with van der Waals surface area (Å²) in [6, 6.07) is 12.1. The van der Waals surface area contributed by atoms with Crippen LogP contribution in [-0.2, 0) is 21.7 Å². The van der Waals surface area contributed by atoms with E-state index in [1.54, 1.807) is 12.1 Å². The molecule has 3 aliphatic carbocycles. The number of pyridine rings is 1. The minimum atomic E-state index is -3.11. The molecule has 0 unspecified atom stereocenters. The van der Waals surface area contributed by atoms with Gasteiger partial charge in [-0.15, -0.1) is 0 Å². The molecule has 1 spiro atoms. The lowest BCUT2D eigenvalue weighted by Gasteiger charge is -2.52. The molecule has 1 aromatic heterocycles. The minimum absolute atomic E-state index is 0.333. The SMILES string of the molecule is Cc1ccc(CC2CCC3(CC2)CC(CCCC2(c4ccc(S(C)(=O)=O)cc4)CC2)C3)nc1. The van der Waals surface area contributed by atoms with Crippen LogP contribution in [0.15, 0.2) is 47.5 Å². The number of rotatable bonds is 8. The summed E-state index contributed by atoms with van der Waals surface area (Å²) in [4.78, 5) is 5.06. The first-order valence-corrected chi connectivity index (χ1v) is 14.9. The lowest BCUT2D eigenvalue weighted by molar-refractivity contribution is -0.00456. The van der Waals surface area contributed by atoms with Gasteiger partial charge in [-0.3, -0.25) is 4.98 Å². The second-order valence-electron chi connectivity index (χ2n) is 11.7. The van der Waals surface area contributed by atoms with E-state index in [0.29, 0.717) is 15.7 Å². The summed E-state index contributed by atoms with van der Waals surface area (Å²) in [5, 5.41) is 0. The zero-order valence-electron chi connectivity index (χ0n) is 20.4. The highest BCUT2D eigenvalue weighted by atomic mass is 32.2. The van der Waals surface area contributed by atoms with Crippen molar-refractivity contribution in [2.24, 2.45) is 17.3 Å². The Morgan fingerprint density at radius 2 is 1.64 bits per heavy atom. The molecule has 33 heavy (non-hydrogen) atoms. The van der Waals surface area contributed by atoms with Gasteiger partial charge in [-0.25, -0.2) is 8.42 Å². The normalized spacial score (nSPS) is 28.4. The lowest BCUT2D eigenvalue weighted by Crippen LogP contribution is -2.40. The lowest BCUT2D eigenvalue weighted by atomic mass is 9.53. The van der Waals surface area contributed by atoms with Crippen LogP contribution in [0.5, 0.6) is 0 Å². The van der Waals surface area contributed by atoms with Crippen molar-refractivity contribution in [3.8, 4) is 0 Å². The smallest absolute Gasteiger partial charge is 0.175 e. The van der Waals surface area contributed by atoms with Gasteiger partial charge >= 0.3 is 0 Å². The van der Waals surface area contributed by atoms with Crippen molar-refractivity contribution >= 4 is 9.84 Å². The minimum Gasteiger partial charge on any atom is -0.261 e. The molecule has 0 amide bonds. The zero-order chi connectivity index (χ0) is 23.1. The predicted octanol–water partition coefficient (Wildman–Crippen LogP) is 6.82. The van der Waals surface area contributed by atoms with Gasteiger partial charge in [0.25, 0.3) is 0 Å². The number of hydrogen-bond acceptors (Lipinski definition) is 3. The molecule has 0 bridgehead atoms. The van der Waals surface area contributed by atoms with E-state index in [2.05, 4.69) is 36.2 Å². The maximum atomic E-state index is 11.7. The number of aryl methyl sites for hydroxylation is 1. The number of aromatic nitrogens is 1. The summed E-state index contributed by atoms with van der Waals surface area (Å²) < 4.78 is 23.5. The molecule has 0 saturated heterocycles. The summed E-state index contributed by atoms with van der Waals surface area (Å²) in [6.07, 6.45) is 19.5. The summed E-state index contributed by atoms with van der Waals surface area (Å²) in [5.74, 6) is 1.76. The van der Waals surface area contributed by atoms with Gasteiger partial charge in [0, 0.05) is 18.1 Å². The maximum absolute atomic E-state index is 11.7. The van der Waals surface area contributed by atoms with Gasteiger partial charge in [0.1, 0.15) is 0 Å². The molecule has 5 rings (SSSR count). The molecule has 3 nitrogen and oxygen atoms in total. The number of sulfone groups is 1. The van der Waals surface area contributed by atoms with E-state index in [4.69, 9.17) is 0 Å². The first-order chi connectivity index (χ1) is 15.8. The van der Waals surface area contributed by atoms with Crippen LogP contribution in [0.2, 0.25) is 0 Å². The van der Waals surface area contributed by atoms with Gasteiger partial charge in [0.15, 0.2) is 9.84 Å². The third-order valence-electron chi connectivity index (χ3n) is 9.10. The monoisotopic (exact) mass is 465 g/mol. The molecule has 178 valence electrons. The Bertz CT molecular complexity index is 1050. The molecule has 0 aliphatic heterocycles. The van der Waals surface area contributed by atoms with Crippen molar-refractivity contribution in [2.75, 3.05) is 6.26 Å². The van der Waals surface area contributed by atoms with E-state index in [-0.39, 0.29) is 0 Å². The molecule has 2 aromatic rings. The summed E-state index contributed by atoms with van der Waals surface area (Å²) >= 11 is 0. The van der Waals surface area contributed by atoms with E-state index in [0.717, 1.165) is 18.3 Å². The first kappa shape index (κ1) is 23.1. The highest BCUT2D eigenvalue weighted by Crippen LogP contribution is 2.58. The van der Waals surface area contributed by atoms with Crippen molar-refractivity contribution in [1.29, 1.82) is 0 Å². The van der Waals surface area contributed by atoms with Gasteiger partial charge in [0.05, 0.1) is 4.90 Å². The molecule has 1 heterocycles. The maximum Gasteiger partial charge on any atom is 0.175 e. The van der Waals surface area contributed by atoms with E-state index < -0.39 is 9.84 Å². The molecule has 0 radical (unpaired) electrons. The Kier molecular flexibility index (Phi) is 6.18. The standard InChI is InChI=1S/C29H39NO2S/c1-22-5-8-26(30-21-22)18-23-11-14-28(15-12-23)19-24(20-28)4-3-13-29(16-17-29)25-6-9-27(10-7-25)33(2,31)32/h5-10,21,23-24H,3-4,11-20H2,1-2H3. The zero-order valence-corrected chi connectivity index (χ0v) is 21.2. The Morgan fingerprint density at radius 1 is 0.939 bits per heavy atom. The molecular formula is C29H39NO2S. The quantitative estimate of drug-likeness (QED) is 0.429. The Balaban J connectivity index is 1.04. The van der Waals surface area contributed by atoms with Crippen LogP contribution in [0, 0.1) is 24.2 Å². The highest BCUT2D eigenvalue weighted by Gasteiger charge is 2.47. The number of nitrogens with zero attached hydrogens (tertiary/aromatic N) is 1. The van der Waals surface area contributed by atoms with E-state index in [1.165, 1.54) is 93.7 Å².